The van der Waals surface area contributed by atoms with E-state index in [9.17, 15) is 35.9 Å². The summed E-state index contributed by atoms with van der Waals surface area (Å²) >= 11 is 5.63. The first-order chi connectivity index (χ1) is 15.4. The Kier molecular flexibility index (Phi) is 6.79. The third-order valence-corrected chi connectivity index (χ3v) is 4.60. The molecule has 2 N–H and O–H groups in total. The first-order valence-corrected chi connectivity index (χ1v) is 9.34. The summed E-state index contributed by atoms with van der Waals surface area (Å²) in [5, 5.41) is 14.5. The number of hydrogen-bond acceptors (Lipinski definition) is 4. The molecule has 1 heterocycles. The first kappa shape index (κ1) is 24.3. The van der Waals surface area contributed by atoms with E-state index in [-0.39, 0.29) is 16.3 Å². The maximum atomic E-state index is 13.9. The molecular weight excluding hydrogens is 480 g/mol. The van der Waals surface area contributed by atoms with E-state index in [2.05, 4.69) is 5.10 Å². The van der Waals surface area contributed by atoms with E-state index in [4.69, 9.17) is 16.7 Å². The van der Waals surface area contributed by atoms with E-state index in [1.165, 1.54) is 6.07 Å². The Bertz CT molecular complexity index is 1260. The number of nitrogens with zero attached hydrogens (tertiary/aromatic N) is 2. The summed E-state index contributed by atoms with van der Waals surface area (Å²) < 4.78 is 79.2. The topological polar surface area (TPSA) is 84.2 Å². The van der Waals surface area contributed by atoms with Crippen molar-refractivity contribution >= 4 is 17.5 Å². The number of halogens is 7. The van der Waals surface area contributed by atoms with Gasteiger partial charge in [-0.15, -0.1) is 0 Å². The molecule has 0 radical (unpaired) electrons. The monoisotopic (exact) mass is 491 g/mol. The second kappa shape index (κ2) is 9.24. The summed E-state index contributed by atoms with van der Waals surface area (Å²) in [6.07, 6.45) is -7.94. The van der Waals surface area contributed by atoms with Crippen molar-refractivity contribution in [1.82, 2.24) is 15.1 Å². The molecule has 2 aromatic carbocycles. The minimum Gasteiger partial charge on any atom is -0.382 e. The van der Waals surface area contributed by atoms with Crippen LogP contribution in [0.4, 0.5) is 26.3 Å². The van der Waals surface area contributed by atoms with Crippen LogP contribution in [-0.2, 0) is 0 Å². The molecule has 0 unspecified atom stereocenters. The highest BCUT2D eigenvalue weighted by Gasteiger charge is 2.38. The lowest BCUT2D eigenvalue weighted by Crippen LogP contribution is -2.42. The first-order valence-electron chi connectivity index (χ1n) is 8.96. The van der Waals surface area contributed by atoms with Crippen molar-refractivity contribution < 1.29 is 36.2 Å². The van der Waals surface area contributed by atoms with Crippen molar-refractivity contribution in [2.24, 2.45) is 0 Å². The molecule has 3 aromatic rings. The van der Waals surface area contributed by atoms with Crippen LogP contribution in [0.3, 0.4) is 0 Å². The van der Waals surface area contributed by atoms with Crippen molar-refractivity contribution in [3.63, 3.8) is 0 Å². The van der Waals surface area contributed by atoms with Crippen LogP contribution in [0.25, 0.3) is 16.9 Å². The van der Waals surface area contributed by atoms with Gasteiger partial charge in [0.25, 0.3) is 11.5 Å². The minimum atomic E-state index is -5.03. The van der Waals surface area contributed by atoms with Gasteiger partial charge in [-0.25, -0.2) is 13.2 Å². The molecule has 0 bridgehead atoms. The molecule has 6 nitrogen and oxygen atoms in total. The van der Waals surface area contributed by atoms with Crippen LogP contribution >= 0.6 is 11.6 Å². The lowest BCUT2D eigenvalue weighted by atomic mass is 10.1. The van der Waals surface area contributed by atoms with Crippen LogP contribution in [0.15, 0.2) is 47.3 Å². The molecule has 0 saturated heterocycles. The highest BCUT2D eigenvalue weighted by Crippen LogP contribution is 2.24. The van der Waals surface area contributed by atoms with E-state index in [0.717, 1.165) is 30.3 Å². The summed E-state index contributed by atoms with van der Waals surface area (Å²) in [5.41, 5.74) is -2.71. The van der Waals surface area contributed by atoms with Crippen LogP contribution in [0.5, 0.6) is 0 Å². The molecule has 0 saturated carbocycles. The van der Waals surface area contributed by atoms with Gasteiger partial charge in [0.1, 0.15) is 23.0 Å². The number of aliphatic hydroxyl groups is 1. The van der Waals surface area contributed by atoms with E-state index >= 15 is 0 Å². The molecule has 174 valence electrons. The SMILES string of the molecule is O=C(NC[C@H](O)C(F)(F)F)c1cc(-c2ccc(Cl)c(F)c2)nn(-c2cc(F)cc(F)c2)c1=O. The van der Waals surface area contributed by atoms with Gasteiger partial charge in [-0.3, -0.25) is 9.59 Å². The largest absolute Gasteiger partial charge is 0.416 e. The molecule has 1 atom stereocenters. The molecule has 0 aliphatic carbocycles. The Balaban J connectivity index is 2.14. The highest BCUT2D eigenvalue weighted by atomic mass is 35.5. The Hall–Kier alpha value is -3.38. The number of benzene rings is 2. The molecule has 1 amide bonds. The molecule has 0 fully saturated rings. The second-order valence-electron chi connectivity index (χ2n) is 6.68. The van der Waals surface area contributed by atoms with Crippen molar-refractivity contribution in [1.29, 1.82) is 0 Å². The third kappa shape index (κ3) is 5.52. The van der Waals surface area contributed by atoms with Gasteiger partial charge in [0.2, 0.25) is 0 Å². The van der Waals surface area contributed by atoms with E-state index in [1.54, 1.807) is 5.32 Å². The second-order valence-corrected chi connectivity index (χ2v) is 7.09. The predicted molar refractivity (Wildman–Crippen MR) is 105 cm³/mol. The molecule has 0 aliphatic heterocycles. The Morgan fingerprint density at radius 3 is 2.30 bits per heavy atom. The summed E-state index contributed by atoms with van der Waals surface area (Å²) in [6.45, 7) is -1.27. The van der Waals surface area contributed by atoms with Crippen molar-refractivity contribution in [3.8, 4) is 16.9 Å². The number of alkyl halides is 3. The molecule has 0 spiro atoms. The molecule has 13 heteroatoms. The standard InChI is InChI=1S/C20H12ClF6N3O3/c21-14-2-1-9(3-15(14)24)16-7-13(18(32)28-8-17(31)20(25,26)27)19(33)30(29-16)12-5-10(22)4-11(23)6-12/h1-7,17,31H,8H2,(H,28,32)/t17-/m0/s1. The molecule has 0 aliphatic rings. The Morgan fingerprint density at radius 1 is 1.09 bits per heavy atom. The zero-order valence-corrected chi connectivity index (χ0v) is 16.9. The zero-order valence-electron chi connectivity index (χ0n) is 16.1. The molecule has 3 rings (SSSR count). The van der Waals surface area contributed by atoms with Gasteiger partial charge in [-0.1, -0.05) is 17.7 Å². The van der Waals surface area contributed by atoms with Crippen molar-refractivity contribution in [2.75, 3.05) is 6.54 Å². The fourth-order valence-corrected chi connectivity index (χ4v) is 2.81. The summed E-state index contributed by atoms with van der Waals surface area (Å²) in [7, 11) is 0. The van der Waals surface area contributed by atoms with Crippen LogP contribution in [0.1, 0.15) is 10.4 Å². The number of carbonyl (C=O) groups is 1. The number of rotatable bonds is 5. The van der Waals surface area contributed by atoms with E-state index < -0.39 is 59.0 Å². The van der Waals surface area contributed by atoms with E-state index in [1.807, 2.05) is 0 Å². The van der Waals surface area contributed by atoms with Gasteiger partial charge < -0.3 is 10.4 Å². The molecule has 33 heavy (non-hydrogen) atoms. The van der Waals surface area contributed by atoms with Crippen molar-refractivity contribution in [3.05, 3.63) is 80.9 Å². The van der Waals surface area contributed by atoms with Gasteiger partial charge in [0, 0.05) is 11.6 Å². The number of aliphatic hydroxyl groups excluding tert-OH is 1. The number of hydrogen-bond donors (Lipinski definition) is 2. The lowest BCUT2D eigenvalue weighted by molar-refractivity contribution is -0.201. The average Bonchev–Trinajstić information content (AvgIpc) is 2.72. The number of carbonyl (C=O) groups excluding carboxylic acids is 1. The fourth-order valence-electron chi connectivity index (χ4n) is 2.69. The van der Waals surface area contributed by atoms with Gasteiger partial charge in [-0.2, -0.15) is 23.0 Å². The smallest absolute Gasteiger partial charge is 0.382 e. The predicted octanol–water partition coefficient (Wildman–Crippen LogP) is 3.62. The van der Waals surface area contributed by atoms with Crippen LogP contribution < -0.4 is 10.9 Å². The highest BCUT2D eigenvalue weighted by molar-refractivity contribution is 6.30. The van der Waals surface area contributed by atoms with Gasteiger partial charge in [0.05, 0.1) is 22.9 Å². The molecule has 1 aromatic heterocycles. The molecular formula is C20H12ClF6N3O3. The normalized spacial score (nSPS) is 12.5. The maximum absolute atomic E-state index is 13.9. The van der Waals surface area contributed by atoms with Crippen LogP contribution in [0.2, 0.25) is 5.02 Å². The quantitative estimate of drug-likeness (QED) is 0.534. The van der Waals surface area contributed by atoms with Gasteiger partial charge >= 0.3 is 6.18 Å². The third-order valence-electron chi connectivity index (χ3n) is 4.30. The Morgan fingerprint density at radius 2 is 1.73 bits per heavy atom. The average molecular weight is 492 g/mol. The van der Waals surface area contributed by atoms with Crippen molar-refractivity contribution in [2.45, 2.75) is 12.3 Å². The van der Waals surface area contributed by atoms with Gasteiger partial charge in [-0.05, 0) is 30.3 Å². The Labute approximate surface area is 186 Å². The minimum absolute atomic E-state index is 0.00750. The lowest BCUT2D eigenvalue weighted by Gasteiger charge is -2.15. The maximum Gasteiger partial charge on any atom is 0.416 e. The number of nitrogens with one attached hydrogen (secondary N) is 1. The van der Waals surface area contributed by atoms with Crippen LogP contribution in [0, 0.1) is 17.5 Å². The van der Waals surface area contributed by atoms with E-state index in [0.29, 0.717) is 10.7 Å². The zero-order chi connectivity index (χ0) is 24.5. The summed E-state index contributed by atoms with van der Waals surface area (Å²) in [6, 6.07) is 6.12. The van der Waals surface area contributed by atoms with Crippen LogP contribution in [-0.4, -0.2) is 39.6 Å². The summed E-state index contributed by atoms with van der Waals surface area (Å²) in [5.74, 6) is -4.39. The number of aromatic nitrogens is 2. The number of amides is 1. The fraction of sp³-hybridized carbons (Fsp3) is 0.150. The van der Waals surface area contributed by atoms with Gasteiger partial charge in [0.15, 0.2) is 6.10 Å². The summed E-state index contributed by atoms with van der Waals surface area (Å²) in [4.78, 5) is 25.2.